The maximum atomic E-state index is 8.55. The summed E-state index contributed by atoms with van der Waals surface area (Å²) in [7, 11) is 0. The summed E-state index contributed by atoms with van der Waals surface area (Å²) in [4.78, 5) is 0. The minimum absolute atomic E-state index is 0.438. The first kappa shape index (κ1) is 10.4. The molecule has 3 heteroatoms. The quantitative estimate of drug-likeness (QED) is 0.692. The van der Waals surface area contributed by atoms with Crippen LogP contribution in [0.1, 0.15) is 16.5 Å². The van der Waals surface area contributed by atoms with Gasteiger partial charge in [-0.1, -0.05) is 29.8 Å². The third-order valence-corrected chi connectivity index (χ3v) is 2.76. The first-order valence-corrected chi connectivity index (χ1v) is 4.76. The summed E-state index contributed by atoms with van der Waals surface area (Å²) in [5.74, 6) is 0. The predicted octanol–water partition coefficient (Wildman–Crippen LogP) is 3.41. The summed E-state index contributed by atoms with van der Waals surface area (Å²) in [6.45, 7) is 2.00. The lowest BCUT2D eigenvalue weighted by atomic mass is 10.1. The predicted molar refractivity (Wildman–Crippen MR) is 55.0 cm³/mol. The molecule has 2 atom stereocenters. The topological polar surface area (TPSA) is 23.8 Å². The van der Waals surface area contributed by atoms with Gasteiger partial charge in [-0.05, 0) is 12.5 Å². The molecule has 0 heterocycles. The van der Waals surface area contributed by atoms with Crippen molar-refractivity contribution in [3.05, 3.63) is 35.4 Å². The van der Waals surface area contributed by atoms with Gasteiger partial charge in [-0.25, -0.2) is 0 Å². The van der Waals surface area contributed by atoms with E-state index in [2.05, 4.69) is 0 Å². The number of nitriles is 1. The Kier molecular flexibility index (Phi) is 3.59. The summed E-state index contributed by atoms with van der Waals surface area (Å²) < 4.78 is 0. The first-order valence-electron chi connectivity index (χ1n) is 3.89. The molecule has 0 saturated heterocycles. The zero-order chi connectivity index (χ0) is 9.84. The standard InChI is InChI=1S/C10H9Cl2N/c1-7-2-4-8(5-3-7)10(12)9(11)6-13/h2-5,9-10H,1H3. The van der Waals surface area contributed by atoms with Crippen LogP contribution in [0, 0.1) is 18.3 Å². The van der Waals surface area contributed by atoms with Crippen LogP contribution in [-0.4, -0.2) is 5.38 Å². The average molecular weight is 214 g/mol. The molecule has 0 N–H and O–H groups in total. The monoisotopic (exact) mass is 213 g/mol. The molecule has 0 radical (unpaired) electrons. The number of alkyl halides is 2. The van der Waals surface area contributed by atoms with Crippen molar-refractivity contribution in [2.24, 2.45) is 0 Å². The van der Waals surface area contributed by atoms with Crippen molar-refractivity contribution in [1.82, 2.24) is 0 Å². The molecule has 0 aromatic heterocycles. The van der Waals surface area contributed by atoms with Gasteiger partial charge in [-0.3, -0.25) is 0 Å². The van der Waals surface area contributed by atoms with Crippen molar-refractivity contribution in [3.63, 3.8) is 0 Å². The smallest absolute Gasteiger partial charge is 0.140 e. The van der Waals surface area contributed by atoms with Crippen LogP contribution < -0.4 is 0 Å². The Hall–Kier alpha value is -0.710. The van der Waals surface area contributed by atoms with Crippen LogP contribution in [-0.2, 0) is 0 Å². The highest BCUT2D eigenvalue weighted by Crippen LogP contribution is 2.27. The van der Waals surface area contributed by atoms with E-state index >= 15 is 0 Å². The Morgan fingerprint density at radius 1 is 1.23 bits per heavy atom. The highest BCUT2D eigenvalue weighted by molar-refractivity contribution is 6.31. The zero-order valence-corrected chi connectivity index (χ0v) is 8.68. The lowest BCUT2D eigenvalue weighted by Crippen LogP contribution is -2.04. The minimum atomic E-state index is -0.677. The summed E-state index contributed by atoms with van der Waals surface area (Å²) in [5, 5.41) is 7.44. The molecular weight excluding hydrogens is 205 g/mol. The second kappa shape index (κ2) is 4.50. The third-order valence-electron chi connectivity index (χ3n) is 1.78. The van der Waals surface area contributed by atoms with Crippen LogP contribution in [0.3, 0.4) is 0 Å². The Labute approximate surface area is 87.9 Å². The Morgan fingerprint density at radius 2 is 1.77 bits per heavy atom. The average Bonchev–Trinajstić information content (AvgIpc) is 2.17. The fourth-order valence-electron chi connectivity index (χ4n) is 0.985. The highest BCUT2D eigenvalue weighted by Gasteiger charge is 2.17. The Morgan fingerprint density at radius 3 is 2.23 bits per heavy atom. The second-order valence-electron chi connectivity index (χ2n) is 2.84. The van der Waals surface area contributed by atoms with Crippen LogP contribution in [0.25, 0.3) is 0 Å². The Balaban J connectivity index is 2.84. The summed E-state index contributed by atoms with van der Waals surface area (Å²) in [5.41, 5.74) is 2.05. The van der Waals surface area contributed by atoms with E-state index in [9.17, 15) is 0 Å². The number of nitrogens with zero attached hydrogens (tertiary/aromatic N) is 1. The normalized spacial score (nSPS) is 14.6. The van der Waals surface area contributed by atoms with E-state index < -0.39 is 10.8 Å². The first-order chi connectivity index (χ1) is 6.15. The number of aryl methyl sites for hydroxylation is 1. The molecule has 1 aromatic carbocycles. The van der Waals surface area contributed by atoms with Gasteiger partial charge in [-0.2, -0.15) is 5.26 Å². The van der Waals surface area contributed by atoms with Gasteiger partial charge >= 0.3 is 0 Å². The number of rotatable bonds is 2. The van der Waals surface area contributed by atoms with E-state index in [1.807, 2.05) is 37.3 Å². The second-order valence-corrected chi connectivity index (χ2v) is 3.78. The van der Waals surface area contributed by atoms with Gasteiger partial charge in [0.25, 0.3) is 0 Å². The van der Waals surface area contributed by atoms with Crippen molar-refractivity contribution in [2.45, 2.75) is 17.7 Å². The van der Waals surface area contributed by atoms with E-state index in [1.165, 1.54) is 0 Å². The molecule has 1 aromatic rings. The number of benzene rings is 1. The van der Waals surface area contributed by atoms with Crippen LogP contribution in [0.2, 0.25) is 0 Å². The molecular formula is C10H9Cl2N. The minimum Gasteiger partial charge on any atom is -0.197 e. The molecule has 0 aliphatic carbocycles. The molecule has 0 spiro atoms. The summed E-state index contributed by atoms with van der Waals surface area (Å²) in [6.07, 6.45) is 0. The van der Waals surface area contributed by atoms with Crippen molar-refractivity contribution in [1.29, 1.82) is 5.26 Å². The summed E-state index contributed by atoms with van der Waals surface area (Å²) in [6, 6.07) is 9.59. The van der Waals surface area contributed by atoms with E-state index in [1.54, 1.807) is 0 Å². The van der Waals surface area contributed by atoms with Crippen molar-refractivity contribution >= 4 is 23.2 Å². The SMILES string of the molecule is Cc1ccc(C(Cl)C(Cl)C#N)cc1. The Bertz CT molecular complexity index is 313. The van der Waals surface area contributed by atoms with E-state index in [-0.39, 0.29) is 0 Å². The highest BCUT2D eigenvalue weighted by atomic mass is 35.5. The van der Waals surface area contributed by atoms with Crippen LogP contribution in [0.4, 0.5) is 0 Å². The lowest BCUT2D eigenvalue weighted by molar-refractivity contribution is 0.972. The zero-order valence-electron chi connectivity index (χ0n) is 7.17. The van der Waals surface area contributed by atoms with Crippen LogP contribution in [0.15, 0.2) is 24.3 Å². The maximum absolute atomic E-state index is 8.55. The van der Waals surface area contributed by atoms with E-state index in [0.29, 0.717) is 0 Å². The van der Waals surface area contributed by atoms with Crippen molar-refractivity contribution in [2.75, 3.05) is 0 Å². The number of hydrogen-bond donors (Lipinski definition) is 0. The molecule has 68 valence electrons. The number of halogens is 2. The molecule has 13 heavy (non-hydrogen) atoms. The van der Waals surface area contributed by atoms with Crippen LogP contribution >= 0.6 is 23.2 Å². The maximum Gasteiger partial charge on any atom is 0.140 e. The van der Waals surface area contributed by atoms with Crippen molar-refractivity contribution < 1.29 is 0 Å². The summed E-state index contributed by atoms with van der Waals surface area (Å²) >= 11 is 11.7. The van der Waals surface area contributed by atoms with Gasteiger partial charge in [-0.15, -0.1) is 23.2 Å². The van der Waals surface area contributed by atoms with Gasteiger partial charge < -0.3 is 0 Å². The molecule has 0 fully saturated rings. The lowest BCUT2D eigenvalue weighted by Gasteiger charge is -2.09. The van der Waals surface area contributed by atoms with Gasteiger partial charge in [0.05, 0.1) is 11.4 Å². The number of hydrogen-bond acceptors (Lipinski definition) is 1. The third kappa shape index (κ3) is 2.62. The molecule has 2 unspecified atom stereocenters. The van der Waals surface area contributed by atoms with Crippen LogP contribution in [0.5, 0.6) is 0 Å². The fraction of sp³-hybridized carbons (Fsp3) is 0.300. The fourth-order valence-corrected chi connectivity index (χ4v) is 1.33. The van der Waals surface area contributed by atoms with Gasteiger partial charge in [0.1, 0.15) is 5.38 Å². The molecule has 0 aliphatic heterocycles. The van der Waals surface area contributed by atoms with Gasteiger partial charge in [0.2, 0.25) is 0 Å². The largest absolute Gasteiger partial charge is 0.197 e. The molecule has 1 nitrogen and oxygen atoms in total. The molecule has 0 amide bonds. The molecule has 0 bridgehead atoms. The van der Waals surface area contributed by atoms with E-state index in [4.69, 9.17) is 28.5 Å². The molecule has 0 aliphatic rings. The van der Waals surface area contributed by atoms with Crippen molar-refractivity contribution in [3.8, 4) is 6.07 Å². The van der Waals surface area contributed by atoms with Gasteiger partial charge in [0.15, 0.2) is 0 Å². The van der Waals surface area contributed by atoms with E-state index in [0.717, 1.165) is 11.1 Å². The molecule has 0 saturated carbocycles. The van der Waals surface area contributed by atoms with Gasteiger partial charge in [0, 0.05) is 0 Å². The molecule has 1 rings (SSSR count).